The third kappa shape index (κ3) is 4.93. The molecule has 0 bridgehead atoms. The van der Waals surface area contributed by atoms with E-state index in [1.54, 1.807) is 12.3 Å². The highest BCUT2D eigenvalue weighted by molar-refractivity contribution is 6.74. The number of aliphatic hydroxyl groups excluding tert-OH is 1. The summed E-state index contributed by atoms with van der Waals surface area (Å²) in [6.07, 6.45) is 1.86. The average molecular weight is 351 g/mol. The maximum atomic E-state index is 10.5. The lowest BCUT2D eigenvalue weighted by Crippen LogP contribution is -2.48. The lowest BCUT2D eigenvalue weighted by atomic mass is 10.1. The van der Waals surface area contributed by atoms with Gasteiger partial charge in [-0.25, -0.2) is 0 Å². The fraction of sp³-hybridized carbons (Fsp3) is 0.579. The van der Waals surface area contributed by atoms with Crippen LogP contribution in [0.3, 0.4) is 0 Å². The van der Waals surface area contributed by atoms with E-state index in [0.29, 0.717) is 13.2 Å². The first-order valence-corrected chi connectivity index (χ1v) is 11.4. The van der Waals surface area contributed by atoms with E-state index in [0.717, 1.165) is 5.56 Å². The molecular weight excluding hydrogens is 320 g/mol. The van der Waals surface area contributed by atoms with Gasteiger partial charge in [0.05, 0.1) is 19.5 Å². The highest BCUT2D eigenvalue weighted by Gasteiger charge is 2.39. The van der Waals surface area contributed by atoms with Crippen LogP contribution in [0.25, 0.3) is 0 Å². The van der Waals surface area contributed by atoms with Crippen LogP contribution < -0.4 is 0 Å². The van der Waals surface area contributed by atoms with Gasteiger partial charge >= 0.3 is 0 Å². The molecule has 2 rings (SSSR count). The van der Waals surface area contributed by atoms with E-state index < -0.39 is 20.5 Å². The average Bonchev–Trinajstić information content (AvgIpc) is 2.52. The lowest BCUT2D eigenvalue weighted by molar-refractivity contribution is -0.104. The van der Waals surface area contributed by atoms with Crippen molar-refractivity contribution in [3.05, 3.63) is 48.2 Å². The monoisotopic (exact) mass is 350 g/mol. The first-order chi connectivity index (χ1) is 11.2. The van der Waals surface area contributed by atoms with Crippen LogP contribution in [-0.2, 0) is 20.5 Å². The summed E-state index contributed by atoms with van der Waals surface area (Å²) in [5, 5.41) is 10.7. The van der Waals surface area contributed by atoms with Crippen molar-refractivity contribution in [2.45, 2.75) is 63.8 Å². The zero-order valence-electron chi connectivity index (χ0n) is 15.4. The summed E-state index contributed by atoms with van der Waals surface area (Å²) < 4.78 is 17.6. The number of aliphatic hydroxyl groups is 1. The molecule has 4 nitrogen and oxygen atoms in total. The van der Waals surface area contributed by atoms with Crippen molar-refractivity contribution in [1.29, 1.82) is 0 Å². The summed E-state index contributed by atoms with van der Waals surface area (Å²) in [6.45, 7) is 11.8. The van der Waals surface area contributed by atoms with Crippen molar-refractivity contribution in [1.82, 2.24) is 0 Å². The number of ether oxygens (including phenoxy) is 2. The highest BCUT2D eigenvalue weighted by Crippen LogP contribution is 2.36. The van der Waals surface area contributed by atoms with E-state index in [9.17, 15) is 5.11 Å². The molecule has 0 saturated heterocycles. The minimum atomic E-state index is -1.87. The molecular formula is C19H30O4Si. The molecule has 1 N–H and O–H groups in total. The molecule has 1 aromatic carbocycles. The van der Waals surface area contributed by atoms with Crippen molar-refractivity contribution < 1.29 is 19.0 Å². The van der Waals surface area contributed by atoms with Gasteiger partial charge in [-0.15, -0.1) is 0 Å². The van der Waals surface area contributed by atoms with Crippen LogP contribution in [0.4, 0.5) is 0 Å². The van der Waals surface area contributed by atoms with Crippen molar-refractivity contribution in [3.63, 3.8) is 0 Å². The smallest absolute Gasteiger partial charge is 0.192 e. The van der Waals surface area contributed by atoms with Crippen LogP contribution >= 0.6 is 0 Å². The Morgan fingerprint density at radius 2 is 1.83 bits per heavy atom. The molecule has 1 heterocycles. The maximum Gasteiger partial charge on any atom is 0.192 e. The SMILES string of the molecule is CC(C)(C)[Si](C)(C)OC[C@H]1OC=C[C@@H](OCc2ccccc2)[C@@H]1O. The molecule has 3 atom stereocenters. The largest absolute Gasteiger partial charge is 0.493 e. The van der Waals surface area contributed by atoms with E-state index in [4.69, 9.17) is 13.9 Å². The quantitative estimate of drug-likeness (QED) is 0.791. The molecule has 134 valence electrons. The van der Waals surface area contributed by atoms with Crippen molar-refractivity contribution >= 4 is 8.32 Å². The second kappa shape index (κ2) is 7.83. The number of benzene rings is 1. The molecule has 0 aliphatic carbocycles. The van der Waals surface area contributed by atoms with E-state index in [1.165, 1.54) is 0 Å². The molecule has 0 saturated carbocycles. The third-order valence-electron chi connectivity index (χ3n) is 4.94. The van der Waals surface area contributed by atoms with Crippen LogP contribution in [0.1, 0.15) is 26.3 Å². The van der Waals surface area contributed by atoms with Gasteiger partial charge in [0.1, 0.15) is 18.3 Å². The minimum absolute atomic E-state index is 0.131. The standard InChI is InChI=1S/C19H30O4Si/c1-19(2,3)24(4,5)23-14-17-18(20)16(11-12-21-17)22-13-15-9-7-6-8-10-15/h6-12,16-18,20H,13-14H2,1-5H3/t16-,17-,18+/m1/s1. The zero-order chi connectivity index (χ0) is 17.8. The van der Waals surface area contributed by atoms with Gasteiger partial charge in [-0.3, -0.25) is 0 Å². The number of rotatable bonds is 6. The molecule has 1 aliphatic rings. The van der Waals surface area contributed by atoms with E-state index in [2.05, 4.69) is 33.9 Å². The van der Waals surface area contributed by atoms with E-state index in [1.807, 2.05) is 30.3 Å². The van der Waals surface area contributed by atoms with Crippen LogP contribution in [0.5, 0.6) is 0 Å². The highest BCUT2D eigenvalue weighted by atomic mass is 28.4. The van der Waals surface area contributed by atoms with Gasteiger partial charge in [0, 0.05) is 0 Å². The number of hydrogen-bond donors (Lipinski definition) is 1. The summed E-state index contributed by atoms with van der Waals surface area (Å²) in [7, 11) is -1.87. The summed E-state index contributed by atoms with van der Waals surface area (Å²) in [6, 6.07) is 9.94. The van der Waals surface area contributed by atoms with Crippen molar-refractivity contribution in [2.24, 2.45) is 0 Å². The molecule has 0 fully saturated rings. The molecule has 5 heteroatoms. The first kappa shape index (κ1) is 19.2. The fourth-order valence-corrected chi connectivity index (χ4v) is 3.21. The molecule has 0 amide bonds. The molecule has 1 aromatic rings. The molecule has 24 heavy (non-hydrogen) atoms. The Morgan fingerprint density at radius 1 is 1.17 bits per heavy atom. The summed E-state index contributed by atoms with van der Waals surface area (Å²) in [4.78, 5) is 0. The molecule has 0 radical (unpaired) electrons. The summed E-state index contributed by atoms with van der Waals surface area (Å²) >= 11 is 0. The first-order valence-electron chi connectivity index (χ1n) is 8.50. The number of hydrogen-bond acceptors (Lipinski definition) is 4. The van der Waals surface area contributed by atoms with Crippen LogP contribution in [0, 0.1) is 0 Å². The zero-order valence-corrected chi connectivity index (χ0v) is 16.4. The maximum absolute atomic E-state index is 10.5. The van der Waals surface area contributed by atoms with Crippen LogP contribution in [0.15, 0.2) is 42.7 Å². The Hall–Kier alpha value is -1.14. The van der Waals surface area contributed by atoms with Gasteiger partial charge in [-0.05, 0) is 29.8 Å². The van der Waals surface area contributed by atoms with Gasteiger partial charge in [0.15, 0.2) is 8.32 Å². The third-order valence-corrected chi connectivity index (χ3v) is 9.44. The summed E-state index contributed by atoms with van der Waals surface area (Å²) in [5.74, 6) is 0. The Kier molecular flexibility index (Phi) is 6.26. The predicted octanol–water partition coefficient (Wildman–Crippen LogP) is 3.87. The second-order valence-corrected chi connectivity index (χ2v) is 12.6. The second-order valence-electron chi connectivity index (χ2n) is 7.83. The molecule has 0 spiro atoms. The molecule has 0 aromatic heterocycles. The van der Waals surface area contributed by atoms with Gasteiger partial charge in [-0.1, -0.05) is 51.1 Å². The van der Waals surface area contributed by atoms with Gasteiger partial charge in [0.25, 0.3) is 0 Å². The van der Waals surface area contributed by atoms with E-state index >= 15 is 0 Å². The molecule has 1 aliphatic heterocycles. The van der Waals surface area contributed by atoms with Crippen LogP contribution in [-0.4, -0.2) is 38.3 Å². The normalized spacial score (nSPS) is 24.7. The lowest BCUT2D eigenvalue weighted by Gasteiger charge is -2.39. The van der Waals surface area contributed by atoms with Crippen LogP contribution in [0.2, 0.25) is 18.1 Å². The van der Waals surface area contributed by atoms with E-state index in [-0.39, 0.29) is 11.1 Å². The fourth-order valence-electron chi connectivity index (χ4n) is 2.20. The van der Waals surface area contributed by atoms with Crippen molar-refractivity contribution in [3.8, 4) is 0 Å². The van der Waals surface area contributed by atoms with Gasteiger partial charge < -0.3 is 19.0 Å². The summed E-state index contributed by atoms with van der Waals surface area (Å²) in [5.41, 5.74) is 1.08. The van der Waals surface area contributed by atoms with Crippen molar-refractivity contribution in [2.75, 3.05) is 6.61 Å². The molecule has 0 unspecified atom stereocenters. The Balaban J connectivity index is 1.89. The van der Waals surface area contributed by atoms with Gasteiger partial charge in [0.2, 0.25) is 0 Å². The van der Waals surface area contributed by atoms with Gasteiger partial charge in [-0.2, -0.15) is 0 Å². The predicted molar refractivity (Wildman–Crippen MR) is 98.2 cm³/mol. The Bertz CT molecular complexity index is 536. The topological polar surface area (TPSA) is 47.9 Å². The minimum Gasteiger partial charge on any atom is -0.493 e. The Labute approximate surface area is 146 Å². The Morgan fingerprint density at radius 3 is 2.46 bits per heavy atom.